The number of likely N-dealkylation sites (N-methyl/N-ethyl adjacent to an activating group) is 1. The van der Waals surface area contributed by atoms with Crippen molar-refractivity contribution < 1.29 is 4.79 Å². The van der Waals surface area contributed by atoms with Gasteiger partial charge in [-0.3, -0.25) is 4.79 Å². The van der Waals surface area contributed by atoms with E-state index in [-0.39, 0.29) is 10.4 Å². The van der Waals surface area contributed by atoms with Crippen molar-refractivity contribution in [3.05, 3.63) is 45.4 Å². The van der Waals surface area contributed by atoms with Crippen molar-refractivity contribution in [1.82, 2.24) is 20.0 Å². The average Bonchev–Trinajstić information content (AvgIpc) is 2.90. The second kappa shape index (κ2) is 7.49. The summed E-state index contributed by atoms with van der Waals surface area (Å²) in [5.74, 6) is -0.134. The predicted octanol–water partition coefficient (Wildman–Crippen LogP) is 2.40. The summed E-state index contributed by atoms with van der Waals surface area (Å²) in [6.07, 6.45) is 0. The van der Waals surface area contributed by atoms with E-state index in [1.54, 1.807) is 4.90 Å². The van der Waals surface area contributed by atoms with E-state index in [2.05, 4.69) is 10.2 Å². The molecule has 0 atom stereocenters. The van der Waals surface area contributed by atoms with Gasteiger partial charge in [-0.25, -0.2) is 0 Å². The maximum atomic E-state index is 12.5. The number of hydrogen-bond acceptors (Lipinski definition) is 5. The largest absolute Gasteiger partial charge is 0.331 e. The van der Waals surface area contributed by atoms with Crippen LogP contribution >= 0.6 is 22.9 Å². The molecule has 1 amide bonds. The Kier molecular flexibility index (Phi) is 5.67. The number of hydrogen-bond donors (Lipinski definition) is 0. The maximum absolute atomic E-state index is 12.5. The first-order valence-corrected chi connectivity index (χ1v) is 7.72. The molecule has 2 aromatic rings. The first-order valence-electron chi connectivity index (χ1n) is 6.53. The van der Waals surface area contributed by atoms with Crippen LogP contribution in [-0.4, -0.2) is 53.1 Å². The molecular weight excluding hydrogens is 308 g/mol. The molecular formula is C14H17ClN4OS. The fourth-order valence-electron chi connectivity index (χ4n) is 1.80. The lowest BCUT2D eigenvalue weighted by atomic mass is 10.2. The molecule has 5 nitrogen and oxygen atoms in total. The molecule has 0 saturated heterocycles. The summed E-state index contributed by atoms with van der Waals surface area (Å²) >= 11 is 6.87. The van der Waals surface area contributed by atoms with Crippen molar-refractivity contribution in [1.29, 1.82) is 0 Å². The Balaban J connectivity index is 2.13. The predicted molar refractivity (Wildman–Crippen MR) is 84.7 cm³/mol. The number of nitrogens with zero attached hydrogens (tertiary/aromatic N) is 4. The van der Waals surface area contributed by atoms with Crippen molar-refractivity contribution in [3.63, 3.8) is 0 Å². The van der Waals surface area contributed by atoms with Crippen molar-refractivity contribution >= 4 is 28.8 Å². The molecule has 0 bridgehead atoms. The number of benzene rings is 1. The zero-order valence-electron chi connectivity index (χ0n) is 12.0. The summed E-state index contributed by atoms with van der Waals surface area (Å²) in [4.78, 5) is 16.3. The van der Waals surface area contributed by atoms with Gasteiger partial charge in [0.25, 0.3) is 5.91 Å². The Labute approximate surface area is 133 Å². The minimum Gasteiger partial charge on any atom is -0.331 e. The Bertz CT molecular complexity index is 588. The molecule has 0 N–H and O–H groups in total. The van der Waals surface area contributed by atoms with Crippen LogP contribution in [0.25, 0.3) is 0 Å². The summed E-state index contributed by atoms with van der Waals surface area (Å²) in [5.41, 5.74) is 1.08. The SMILES string of the molecule is CN(C)CCN(Cc1ccccc1)C(=O)c1nnc(Cl)s1. The molecule has 112 valence electrons. The molecule has 0 spiro atoms. The van der Waals surface area contributed by atoms with Gasteiger partial charge in [-0.2, -0.15) is 0 Å². The van der Waals surface area contributed by atoms with Crippen LogP contribution in [0.1, 0.15) is 15.4 Å². The third-order valence-electron chi connectivity index (χ3n) is 2.90. The van der Waals surface area contributed by atoms with Crippen LogP contribution in [0.15, 0.2) is 30.3 Å². The van der Waals surface area contributed by atoms with Gasteiger partial charge in [-0.15, -0.1) is 10.2 Å². The lowest BCUT2D eigenvalue weighted by Gasteiger charge is -2.23. The molecule has 0 aliphatic carbocycles. The van der Waals surface area contributed by atoms with Crippen molar-refractivity contribution in [2.24, 2.45) is 0 Å². The van der Waals surface area contributed by atoms with E-state index in [0.29, 0.717) is 18.1 Å². The quantitative estimate of drug-likeness (QED) is 0.818. The number of carbonyl (C=O) groups is 1. The number of halogens is 1. The zero-order valence-corrected chi connectivity index (χ0v) is 13.6. The van der Waals surface area contributed by atoms with Crippen LogP contribution in [-0.2, 0) is 6.54 Å². The minimum atomic E-state index is -0.134. The van der Waals surface area contributed by atoms with Crippen LogP contribution in [0.5, 0.6) is 0 Å². The molecule has 0 aliphatic heterocycles. The molecule has 1 heterocycles. The molecule has 0 aliphatic rings. The molecule has 7 heteroatoms. The molecule has 0 fully saturated rings. The van der Waals surface area contributed by atoms with Gasteiger partial charge in [0.1, 0.15) is 0 Å². The van der Waals surface area contributed by atoms with E-state index in [1.807, 2.05) is 49.3 Å². The Morgan fingerprint density at radius 3 is 2.48 bits per heavy atom. The summed E-state index contributed by atoms with van der Waals surface area (Å²) in [7, 11) is 3.96. The van der Waals surface area contributed by atoms with E-state index >= 15 is 0 Å². The monoisotopic (exact) mass is 324 g/mol. The molecule has 21 heavy (non-hydrogen) atoms. The molecule has 0 radical (unpaired) electrons. The highest BCUT2D eigenvalue weighted by Crippen LogP contribution is 2.17. The van der Waals surface area contributed by atoms with Gasteiger partial charge in [0, 0.05) is 19.6 Å². The van der Waals surface area contributed by atoms with Gasteiger partial charge in [-0.1, -0.05) is 41.7 Å². The van der Waals surface area contributed by atoms with Gasteiger partial charge in [0.2, 0.25) is 9.47 Å². The van der Waals surface area contributed by atoms with Crippen LogP contribution < -0.4 is 0 Å². The van der Waals surface area contributed by atoms with Crippen LogP contribution in [0, 0.1) is 0 Å². The van der Waals surface area contributed by atoms with E-state index < -0.39 is 0 Å². The first kappa shape index (κ1) is 15.9. The third kappa shape index (κ3) is 4.77. The standard InChI is InChI=1S/C14H17ClN4OS/c1-18(2)8-9-19(10-11-6-4-3-5-7-11)13(20)12-16-17-14(15)21-12/h3-7H,8-10H2,1-2H3. The maximum Gasteiger partial charge on any atom is 0.285 e. The number of carbonyl (C=O) groups excluding carboxylic acids is 1. The highest BCUT2D eigenvalue weighted by Gasteiger charge is 2.20. The summed E-state index contributed by atoms with van der Waals surface area (Å²) in [6.45, 7) is 1.95. The first-order chi connectivity index (χ1) is 10.1. The summed E-state index contributed by atoms with van der Waals surface area (Å²) in [5, 5.41) is 7.86. The minimum absolute atomic E-state index is 0.134. The molecule has 1 aromatic heterocycles. The van der Waals surface area contributed by atoms with Crippen LogP contribution in [0.2, 0.25) is 4.47 Å². The van der Waals surface area contributed by atoms with Crippen LogP contribution in [0.4, 0.5) is 0 Å². The normalized spacial score (nSPS) is 10.9. The summed E-state index contributed by atoms with van der Waals surface area (Å²) < 4.78 is 0.283. The summed E-state index contributed by atoms with van der Waals surface area (Å²) in [6, 6.07) is 9.89. The van der Waals surface area contributed by atoms with E-state index in [4.69, 9.17) is 11.6 Å². The zero-order chi connectivity index (χ0) is 15.2. The second-order valence-corrected chi connectivity index (χ2v) is 6.44. The van der Waals surface area contributed by atoms with E-state index in [1.165, 1.54) is 0 Å². The molecule has 0 saturated carbocycles. The third-order valence-corrected chi connectivity index (χ3v) is 3.91. The molecule has 1 aromatic carbocycles. The average molecular weight is 325 g/mol. The highest BCUT2D eigenvalue weighted by atomic mass is 35.5. The van der Waals surface area contributed by atoms with Gasteiger partial charge < -0.3 is 9.80 Å². The number of aromatic nitrogens is 2. The van der Waals surface area contributed by atoms with Crippen molar-refractivity contribution in [2.45, 2.75) is 6.54 Å². The number of rotatable bonds is 6. The van der Waals surface area contributed by atoms with Gasteiger partial charge in [0.05, 0.1) is 0 Å². The van der Waals surface area contributed by atoms with Crippen LogP contribution in [0.3, 0.4) is 0 Å². The van der Waals surface area contributed by atoms with Crippen molar-refractivity contribution in [3.8, 4) is 0 Å². The van der Waals surface area contributed by atoms with E-state index in [0.717, 1.165) is 23.4 Å². The topological polar surface area (TPSA) is 49.3 Å². The molecule has 2 rings (SSSR count). The van der Waals surface area contributed by atoms with Gasteiger partial charge in [0.15, 0.2) is 0 Å². The Morgan fingerprint density at radius 2 is 1.90 bits per heavy atom. The second-order valence-electron chi connectivity index (χ2n) is 4.88. The lowest BCUT2D eigenvalue weighted by molar-refractivity contribution is 0.0730. The van der Waals surface area contributed by atoms with E-state index in [9.17, 15) is 4.79 Å². The smallest absolute Gasteiger partial charge is 0.285 e. The lowest BCUT2D eigenvalue weighted by Crippen LogP contribution is -2.36. The Hall–Kier alpha value is -1.50. The fourth-order valence-corrected chi connectivity index (χ4v) is 2.60. The highest BCUT2D eigenvalue weighted by molar-refractivity contribution is 7.17. The number of amides is 1. The molecule has 0 unspecified atom stereocenters. The van der Waals surface area contributed by atoms with Gasteiger partial charge >= 0.3 is 0 Å². The van der Waals surface area contributed by atoms with Crippen molar-refractivity contribution in [2.75, 3.05) is 27.2 Å². The Morgan fingerprint density at radius 1 is 1.19 bits per heavy atom. The fraction of sp³-hybridized carbons (Fsp3) is 0.357. The van der Waals surface area contributed by atoms with Gasteiger partial charge in [-0.05, 0) is 31.3 Å².